The molecule has 0 aliphatic rings. The Balaban J connectivity index is 2.02. The Kier molecular flexibility index (Phi) is 4.65. The van der Waals surface area contributed by atoms with Crippen LogP contribution in [0.15, 0.2) is 29.2 Å². The van der Waals surface area contributed by atoms with Gasteiger partial charge in [0.25, 0.3) is 10.0 Å². The number of nitrogens with zero attached hydrogens (tertiary/aromatic N) is 3. The van der Waals surface area contributed by atoms with E-state index in [1.165, 1.54) is 24.3 Å². The van der Waals surface area contributed by atoms with Crippen LogP contribution in [0.5, 0.6) is 5.75 Å². The molecule has 1 aromatic heterocycles. The number of nitrogens with one attached hydrogen (secondary N) is 1. The van der Waals surface area contributed by atoms with E-state index in [4.69, 9.17) is 9.84 Å². The number of benzene rings is 1. The van der Waals surface area contributed by atoms with Crippen LogP contribution in [-0.4, -0.2) is 40.9 Å². The minimum atomic E-state index is -3.77. The zero-order chi connectivity index (χ0) is 15.3. The third-order valence-electron chi connectivity index (χ3n) is 2.24. The number of carboxylic acids is 1. The summed E-state index contributed by atoms with van der Waals surface area (Å²) in [7, 11) is -3.77. The summed E-state index contributed by atoms with van der Waals surface area (Å²) in [5.41, 5.74) is 0. The zero-order valence-electron chi connectivity index (χ0n) is 10.5. The fourth-order valence-electron chi connectivity index (χ4n) is 1.32. The molecule has 0 atom stereocenters. The van der Waals surface area contributed by atoms with Crippen molar-refractivity contribution in [3.8, 4) is 5.75 Å². The average molecular weight is 330 g/mol. The van der Waals surface area contributed by atoms with Gasteiger partial charge in [0.1, 0.15) is 5.75 Å². The van der Waals surface area contributed by atoms with Crippen LogP contribution in [0.1, 0.15) is 6.42 Å². The van der Waals surface area contributed by atoms with E-state index in [-0.39, 0.29) is 23.1 Å². The maximum Gasteiger partial charge on any atom is 0.306 e. The highest BCUT2D eigenvalue weighted by atomic mass is 32.2. The summed E-state index contributed by atoms with van der Waals surface area (Å²) in [6.07, 6.45) is -0.133. The van der Waals surface area contributed by atoms with E-state index < -0.39 is 16.0 Å². The van der Waals surface area contributed by atoms with Crippen molar-refractivity contribution in [2.75, 3.05) is 11.3 Å². The number of rotatable bonds is 7. The SMILES string of the molecule is O=C(O)CCOc1ccc(S(=O)(=O)Nc2nnns2)cc1. The smallest absolute Gasteiger partial charge is 0.306 e. The van der Waals surface area contributed by atoms with Gasteiger partial charge in [-0.05, 0) is 29.5 Å². The molecule has 0 unspecified atom stereocenters. The Morgan fingerprint density at radius 1 is 1.33 bits per heavy atom. The van der Waals surface area contributed by atoms with Gasteiger partial charge in [-0.1, -0.05) is 9.59 Å². The molecule has 0 fully saturated rings. The molecule has 2 aromatic rings. The number of aliphatic carboxylic acids is 1. The molecule has 0 spiro atoms. The first kappa shape index (κ1) is 15.1. The quantitative estimate of drug-likeness (QED) is 0.754. The van der Waals surface area contributed by atoms with Crippen molar-refractivity contribution in [2.24, 2.45) is 0 Å². The second-order valence-electron chi connectivity index (χ2n) is 3.74. The molecule has 0 radical (unpaired) electrons. The highest BCUT2D eigenvalue weighted by Crippen LogP contribution is 2.19. The van der Waals surface area contributed by atoms with E-state index in [1.807, 2.05) is 0 Å². The van der Waals surface area contributed by atoms with Gasteiger partial charge >= 0.3 is 5.97 Å². The van der Waals surface area contributed by atoms with Gasteiger partial charge in [-0.2, -0.15) is 0 Å². The number of aromatic nitrogens is 3. The molecule has 0 amide bonds. The van der Waals surface area contributed by atoms with E-state index in [9.17, 15) is 13.2 Å². The summed E-state index contributed by atoms with van der Waals surface area (Å²) in [5, 5.41) is 15.3. The van der Waals surface area contributed by atoms with Gasteiger partial charge in [0.05, 0.1) is 17.9 Å². The van der Waals surface area contributed by atoms with Crippen LogP contribution in [0.3, 0.4) is 0 Å². The molecular weight excluding hydrogens is 320 g/mol. The lowest BCUT2D eigenvalue weighted by molar-refractivity contribution is -0.137. The first-order valence-electron chi connectivity index (χ1n) is 5.60. The molecule has 2 rings (SSSR count). The van der Waals surface area contributed by atoms with Crippen LogP contribution >= 0.6 is 11.5 Å². The Labute approximate surface area is 123 Å². The monoisotopic (exact) mass is 330 g/mol. The summed E-state index contributed by atoms with van der Waals surface area (Å²) >= 11 is 0.819. The standard InChI is InChI=1S/C10H10N4O5S2/c15-9(16)5-6-19-7-1-3-8(4-2-7)21(17,18)12-10-11-13-14-20-10/h1-4H,5-6H2,(H,15,16)(H,11,12,14). The van der Waals surface area contributed by atoms with E-state index >= 15 is 0 Å². The molecule has 0 aliphatic heterocycles. The van der Waals surface area contributed by atoms with Gasteiger partial charge in [0.15, 0.2) is 0 Å². The Morgan fingerprint density at radius 3 is 2.62 bits per heavy atom. The topological polar surface area (TPSA) is 131 Å². The van der Waals surface area contributed by atoms with E-state index in [0.717, 1.165) is 11.5 Å². The highest BCUT2D eigenvalue weighted by molar-refractivity contribution is 7.93. The van der Waals surface area contributed by atoms with Crippen molar-refractivity contribution in [2.45, 2.75) is 11.3 Å². The highest BCUT2D eigenvalue weighted by Gasteiger charge is 2.16. The van der Waals surface area contributed by atoms with Crippen molar-refractivity contribution in [3.05, 3.63) is 24.3 Å². The molecule has 0 saturated carbocycles. The van der Waals surface area contributed by atoms with Crippen molar-refractivity contribution < 1.29 is 23.1 Å². The molecule has 112 valence electrons. The van der Waals surface area contributed by atoms with Crippen molar-refractivity contribution in [1.82, 2.24) is 14.8 Å². The maximum absolute atomic E-state index is 12.0. The Bertz CT molecular complexity index is 700. The Hall–Kier alpha value is -2.27. The van der Waals surface area contributed by atoms with Crippen LogP contribution in [-0.2, 0) is 14.8 Å². The minimum absolute atomic E-state index is 0.0101. The van der Waals surface area contributed by atoms with Gasteiger partial charge in [-0.3, -0.25) is 9.52 Å². The van der Waals surface area contributed by atoms with E-state index in [2.05, 4.69) is 19.5 Å². The van der Waals surface area contributed by atoms with Crippen LogP contribution in [0, 0.1) is 0 Å². The minimum Gasteiger partial charge on any atom is -0.493 e. The first-order valence-corrected chi connectivity index (χ1v) is 7.85. The lowest BCUT2D eigenvalue weighted by atomic mass is 10.3. The third-order valence-corrected chi connectivity index (χ3v) is 4.24. The zero-order valence-corrected chi connectivity index (χ0v) is 12.1. The summed E-state index contributed by atoms with van der Waals surface area (Å²) in [6.45, 7) is 0.0101. The summed E-state index contributed by atoms with van der Waals surface area (Å²) in [4.78, 5) is 10.4. The number of anilines is 1. The van der Waals surface area contributed by atoms with Crippen molar-refractivity contribution >= 4 is 32.7 Å². The number of hydrogen-bond donors (Lipinski definition) is 2. The molecule has 11 heteroatoms. The molecule has 1 aromatic carbocycles. The van der Waals surface area contributed by atoms with Gasteiger partial charge in [-0.15, -0.1) is 0 Å². The van der Waals surface area contributed by atoms with Crippen LogP contribution in [0.4, 0.5) is 5.13 Å². The van der Waals surface area contributed by atoms with E-state index in [1.54, 1.807) is 0 Å². The molecule has 1 heterocycles. The molecule has 9 nitrogen and oxygen atoms in total. The van der Waals surface area contributed by atoms with E-state index in [0.29, 0.717) is 5.75 Å². The molecule has 0 aliphatic carbocycles. The predicted octanol–water partition coefficient (Wildman–Crippen LogP) is 0.587. The molecule has 0 bridgehead atoms. The number of carboxylic acid groups (broad SMARTS) is 1. The number of ether oxygens (including phenoxy) is 1. The average Bonchev–Trinajstić information content (AvgIpc) is 2.91. The normalized spacial score (nSPS) is 11.0. The fraction of sp³-hybridized carbons (Fsp3) is 0.200. The lowest BCUT2D eigenvalue weighted by Crippen LogP contribution is -2.12. The number of hydrogen-bond acceptors (Lipinski definition) is 8. The van der Waals surface area contributed by atoms with Gasteiger partial charge in [0, 0.05) is 11.5 Å². The fourth-order valence-corrected chi connectivity index (χ4v) is 2.90. The van der Waals surface area contributed by atoms with Crippen molar-refractivity contribution in [1.29, 1.82) is 0 Å². The maximum atomic E-state index is 12.0. The molecule has 21 heavy (non-hydrogen) atoms. The second kappa shape index (κ2) is 6.45. The predicted molar refractivity (Wildman–Crippen MR) is 72.7 cm³/mol. The summed E-state index contributed by atoms with van der Waals surface area (Å²) in [6, 6.07) is 5.56. The lowest BCUT2D eigenvalue weighted by Gasteiger charge is -2.07. The first-order chi connectivity index (χ1) is 9.97. The number of carbonyl (C=O) groups is 1. The number of sulfonamides is 1. The van der Waals surface area contributed by atoms with Gasteiger partial charge < -0.3 is 9.84 Å². The summed E-state index contributed by atoms with van der Waals surface area (Å²) < 4.78 is 34.8. The van der Waals surface area contributed by atoms with Crippen LogP contribution in [0.25, 0.3) is 0 Å². The largest absolute Gasteiger partial charge is 0.493 e. The van der Waals surface area contributed by atoms with Crippen LogP contribution < -0.4 is 9.46 Å². The van der Waals surface area contributed by atoms with Crippen LogP contribution in [0.2, 0.25) is 0 Å². The summed E-state index contributed by atoms with van der Waals surface area (Å²) in [5.74, 6) is -0.586. The Morgan fingerprint density at radius 2 is 2.05 bits per heavy atom. The molecule has 2 N–H and O–H groups in total. The molecular formula is C10H10N4O5S2. The second-order valence-corrected chi connectivity index (χ2v) is 6.15. The van der Waals surface area contributed by atoms with Crippen molar-refractivity contribution in [3.63, 3.8) is 0 Å². The third kappa shape index (κ3) is 4.36. The van der Waals surface area contributed by atoms with Gasteiger partial charge in [0.2, 0.25) is 5.13 Å². The van der Waals surface area contributed by atoms with Gasteiger partial charge in [-0.25, -0.2) is 8.42 Å². The molecule has 0 saturated heterocycles.